The summed E-state index contributed by atoms with van der Waals surface area (Å²) in [6.07, 6.45) is -0.0191. The third-order valence-corrected chi connectivity index (χ3v) is 4.56. The predicted octanol–water partition coefficient (Wildman–Crippen LogP) is 3.64. The maximum Gasteiger partial charge on any atom is 0.338 e. The number of rotatable bonds is 6. The summed E-state index contributed by atoms with van der Waals surface area (Å²) in [5.41, 5.74) is 1.80. The number of hydrogen-bond donors (Lipinski definition) is 2. The Morgan fingerprint density at radius 3 is 2.33 bits per heavy atom. The van der Waals surface area contributed by atoms with Gasteiger partial charge in [0, 0.05) is 36.8 Å². The van der Waals surface area contributed by atoms with Crippen molar-refractivity contribution in [3.8, 4) is 11.8 Å². The van der Waals surface area contributed by atoms with Gasteiger partial charge in [-0.1, -0.05) is 0 Å². The molecule has 0 aliphatic carbocycles. The SMILES string of the molecule is CN(C)c1ccc(N=Nc2ccc(CC(=O)On3c(O)ccc3O)s2)cc1. The highest BCUT2D eigenvalue weighted by Gasteiger charge is 2.14. The van der Waals surface area contributed by atoms with Crippen LogP contribution in [0.4, 0.5) is 16.4 Å². The van der Waals surface area contributed by atoms with Crippen LogP contribution in [0.25, 0.3) is 0 Å². The molecule has 2 heterocycles. The summed E-state index contributed by atoms with van der Waals surface area (Å²) in [5, 5.41) is 28.0. The standard InChI is InChI=1S/C18H18N4O4S/c1-21(2)13-5-3-12(4-6-13)19-20-15-8-7-14(27-15)11-18(25)26-22-16(23)9-10-17(22)24/h3-10,23-24H,11H2,1-2H3. The van der Waals surface area contributed by atoms with E-state index in [0.29, 0.717) is 9.73 Å². The molecule has 2 aromatic heterocycles. The molecule has 0 amide bonds. The Kier molecular flexibility index (Phi) is 5.41. The van der Waals surface area contributed by atoms with Crippen LogP contribution in [0.2, 0.25) is 0 Å². The van der Waals surface area contributed by atoms with E-state index in [1.165, 1.54) is 23.5 Å². The van der Waals surface area contributed by atoms with Gasteiger partial charge in [-0.05, 0) is 36.4 Å². The van der Waals surface area contributed by atoms with Gasteiger partial charge in [0.15, 0.2) is 0 Å². The summed E-state index contributed by atoms with van der Waals surface area (Å²) >= 11 is 1.31. The molecule has 0 radical (unpaired) electrons. The lowest BCUT2D eigenvalue weighted by atomic mass is 10.3. The predicted molar refractivity (Wildman–Crippen MR) is 102 cm³/mol. The Morgan fingerprint density at radius 1 is 1.04 bits per heavy atom. The monoisotopic (exact) mass is 386 g/mol. The fraction of sp³-hybridized carbons (Fsp3) is 0.167. The van der Waals surface area contributed by atoms with Gasteiger partial charge in [-0.25, -0.2) is 4.79 Å². The second-order valence-corrected chi connectivity index (χ2v) is 6.98. The third kappa shape index (κ3) is 4.64. The van der Waals surface area contributed by atoms with Crippen LogP contribution in [0.5, 0.6) is 11.8 Å². The van der Waals surface area contributed by atoms with Gasteiger partial charge >= 0.3 is 5.97 Å². The van der Waals surface area contributed by atoms with Crippen molar-refractivity contribution in [3.63, 3.8) is 0 Å². The number of azo groups is 1. The molecular formula is C18H18N4O4S. The summed E-state index contributed by atoms with van der Waals surface area (Å²) < 4.78 is 0.661. The molecule has 8 nitrogen and oxygen atoms in total. The van der Waals surface area contributed by atoms with Crippen LogP contribution in [0, 0.1) is 0 Å². The van der Waals surface area contributed by atoms with E-state index in [9.17, 15) is 15.0 Å². The van der Waals surface area contributed by atoms with Crippen LogP contribution < -0.4 is 9.74 Å². The van der Waals surface area contributed by atoms with Crippen molar-refractivity contribution in [1.82, 2.24) is 4.73 Å². The maximum absolute atomic E-state index is 11.9. The Labute approximate surface area is 159 Å². The third-order valence-electron chi connectivity index (χ3n) is 3.59. The van der Waals surface area contributed by atoms with E-state index in [-0.39, 0.29) is 18.2 Å². The normalized spacial score (nSPS) is 11.0. The Morgan fingerprint density at radius 2 is 1.70 bits per heavy atom. The number of carbonyl (C=O) groups is 1. The lowest BCUT2D eigenvalue weighted by molar-refractivity contribution is -0.144. The van der Waals surface area contributed by atoms with Gasteiger partial charge in [-0.3, -0.25) is 0 Å². The van der Waals surface area contributed by atoms with Gasteiger partial charge in [0.2, 0.25) is 11.8 Å². The smallest absolute Gasteiger partial charge is 0.338 e. The minimum Gasteiger partial charge on any atom is -0.492 e. The molecule has 140 valence electrons. The molecular weight excluding hydrogens is 368 g/mol. The first-order chi connectivity index (χ1) is 12.9. The second-order valence-electron chi connectivity index (χ2n) is 5.83. The van der Waals surface area contributed by atoms with Gasteiger partial charge < -0.3 is 20.0 Å². The molecule has 1 aromatic carbocycles. The van der Waals surface area contributed by atoms with Gasteiger partial charge in [0.25, 0.3) is 0 Å². The van der Waals surface area contributed by atoms with Crippen molar-refractivity contribution in [2.75, 3.05) is 19.0 Å². The minimum absolute atomic E-state index is 0.0191. The van der Waals surface area contributed by atoms with E-state index in [1.807, 2.05) is 43.3 Å². The first-order valence-corrected chi connectivity index (χ1v) is 8.83. The molecule has 0 saturated carbocycles. The molecule has 0 bridgehead atoms. The summed E-state index contributed by atoms with van der Waals surface area (Å²) in [5.74, 6) is -1.34. The summed E-state index contributed by atoms with van der Waals surface area (Å²) in [7, 11) is 3.93. The zero-order valence-electron chi connectivity index (χ0n) is 14.7. The minimum atomic E-state index is -0.624. The van der Waals surface area contributed by atoms with Gasteiger partial charge in [-0.2, -0.15) is 0 Å². The van der Waals surface area contributed by atoms with Crippen LogP contribution in [0.15, 0.2) is 58.8 Å². The molecule has 3 aromatic rings. The topological polar surface area (TPSA) is 99.7 Å². The van der Waals surface area contributed by atoms with E-state index in [1.54, 1.807) is 12.1 Å². The van der Waals surface area contributed by atoms with Gasteiger partial charge in [0.05, 0.1) is 12.1 Å². The summed E-state index contributed by atoms with van der Waals surface area (Å²) in [6, 6.07) is 13.6. The molecule has 0 saturated heterocycles. The van der Waals surface area contributed by atoms with Crippen LogP contribution in [0.1, 0.15) is 4.88 Å². The molecule has 0 unspecified atom stereocenters. The summed E-state index contributed by atoms with van der Waals surface area (Å²) in [4.78, 5) is 19.6. The van der Waals surface area contributed by atoms with Crippen LogP contribution in [-0.2, 0) is 11.2 Å². The van der Waals surface area contributed by atoms with Crippen molar-refractivity contribution >= 4 is 33.7 Å². The maximum atomic E-state index is 11.9. The number of nitrogens with zero attached hydrogens (tertiary/aromatic N) is 4. The molecule has 27 heavy (non-hydrogen) atoms. The fourth-order valence-corrected chi connectivity index (χ4v) is 3.02. The summed E-state index contributed by atoms with van der Waals surface area (Å²) in [6.45, 7) is 0. The second kappa shape index (κ2) is 7.92. The number of thiophene rings is 1. The number of hydrogen-bond acceptors (Lipinski definition) is 8. The van der Waals surface area contributed by atoms with Crippen molar-refractivity contribution in [2.24, 2.45) is 10.2 Å². The average molecular weight is 386 g/mol. The fourth-order valence-electron chi connectivity index (χ4n) is 2.21. The van der Waals surface area contributed by atoms with Crippen LogP contribution in [0.3, 0.4) is 0 Å². The van der Waals surface area contributed by atoms with Crippen molar-refractivity contribution in [2.45, 2.75) is 6.42 Å². The largest absolute Gasteiger partial charge is 0.492 e. The van der Waals surface area contributed by atoms with E-state index >= 15 is 0 Å². The van der Waals surface area contributed by atoms with E-state index in [2.05, 4.69) is 10.2 Å². The van der Waals surface area contributed by atoms with Gasteiger partial charge in [0.1, 0.15) is 5.00 Å². The van der Waals surface area contributed by atoms with E-state index in [4.69, 9.17) is 4.84 Å². The highest BCUT2D eigenvalue weighted by atomic mass is 32.1. The zero-order chi connectivity index (χ0) is 19.4. The van der Waals surface area contributed by atoms with E-state index < -0.39 is 5.97 Å². The Bertz CT molecular complexity index is 941. The molecule has 0 atom stereocenters. The number of benzene rings is 1. The van der Waals surface area contributed by atoms with Crippen LogP contribution >= 0.6 is 11.3 Å². The number of aromatic hydroxyl groups is 2. The highest BCUT2D eigenvalue weighted by Crippen LogP contribution is 2.28. The highest BCUT2D eigenvalue weighted by molar-refractivity contribution is 7.15. The number of carbonyl (C=O) groups excluding carboxylic acids is 1. The lowest BCUT2D eigenvalue weighted by Crippen LogP contribution is -2.20. The Hall–Kier alpha value is -3.33. The first kappa shape index (κ1) is 18.5. The zero-order valence-corrected chi connectivity index (χ0v) is 15.6. The Balaban J connectivity index is 1.60. The van der Waals surface area contributed by atoms with Crippen molar-refractivity contribution in [1.29, 1.82) is 0 Å². The average Bonchev–Trinajstić information content (AvgIpc) is 3.21. The molecule has 0 aliphatic heterocycles. The number of aromatic nitrogens is 1. The molecule has 2 N–H and O–H groups in total. The van der Waals surface area contributed by atoms with Crippen LogP contribution in [-0.4, -0.2) is 35.0 Å². The lowest BCUT2D eigenvalue weighted by Gasteiger charge is -2.11. The number of anilines is 1. The molecule has 0 spiro atoms. The molecule has 0 fully saturated rings. The molecule has 0 aliphatic rings. The van der Waals surface area contributed by atoms with Gasteiger partial charge in [-0.15, -0.1) is 26.3 Å². The van der Waals surface area contributed by atoms with Crippen molar-refractivity contribution in [3.05, 3.63) is 53.4 Å². The molecule has 9 heteroatoms. The van der Waals surface area contributed by atoms with E-state index in [0.717, 1.165) is 16.3 Å². The first-order valence-electron chi connectivity index (χ1n) is 8.01. The van der Waals surface area contributed by atoms with Crippen molar-refractivity contribution < 1.29 is 19.8 Å². The quantitative estimate of drug-likeness (QED) is 0.630. The molecule has 3 rings (SSSR count).